The van der Waals surface area contributed by atoms with Crippen LogP contribution in [0.5, 0.6) is 0 Å². The van der Waals surface area contributed by atoms with Crippen molar-refractivity contribution in [2.75, 3.05) is 5.73 Å². The van der Waals surface area contributed by atoms with Crippen LogP contribution in [0.25, 0.3) is 0 Å². The molecule has 0 radical (unpaired) electrons. The Balaban J connectivity index is 2.22. The molecular formula is C14H17N3O. The number of aromatic nitrogens is 2. The Labute approximate surface area is 107 Å². The summed E-state index contributed by atoms with van der Waals surface area (Å²) in [5.41, 5.74) is 9.13. The van der Waals surface area contributed by atoms with Gasteiger partial charge in [-0.2, -0.15) is 0 Å². The van der Waals surface area contributed by atoms with Gasteiger partial charge in [0.15, 0.2) is 0 Å². The highest BCUT2D eigenvalue weighted by Crippen LogP contribution is 2.22. The molecule has 0 saturated heterocycles. The molecule has 0 aliphatic heterocycles. The fraction of sp³-hybridized carbons (Fsp3) is 0.286. The number of aliphatic hydroxyl groups is 1. The maximum absolute atomic E-state index is 10.3. The summed E-state index contributed by atoms with van der Waals surface area (Å²) >= 11 is 0. The predicted octanol–water partition coefficient (Wildman–Crippen LogP) is 1.90. The Kier molecular flexibility index (Phi) is 3.89. The standard InChI is InChI=1S/C14H17N3O/c1-2-10-4-3-6-17-14(10)13(18)8-11-9-16-7-5-12(11)15/h3-7,9,13,18H,2,8H2,1H3,(H2,15,16). The average Bonchev–Trinajstić information content (AvgIpc) is 2.41. The van der Waals surface area contributed by atoms with Gasteiger partial charge in [-0.15, -0.1) is 0 Å². The number of nitrogen functional groups attached to an aromatic ring is 1. The molecule has 18 heavy (non-hydrogen) atoms. The van der Waals surface area contributed by atoms with Gasteiger partial charge >= 0.3 is 0 Å². The molecule has 1 unspecified atom stereocenters. The molecule has 1 atom stereocenters. The van der Waals surface area contributed by atoms with Crippen LogP contribution in [-0.4, -0.2) is 15.1 Å². The Hall–Kier alpha value is -1.94. The van der Waals surface area contributed by atoms with E-state index < -0.39 is 6.10 Å². The summed E-state index contributed by atoms with van der Waals surface area (Å²) < 4.78 is 0. The molecule has 94 valence electrons. The third-order valence-electron chi connectivity index (χ3n) is 2.98. The van der Waals surface area contributed by atoms with Crippen LogP contribution < -0.4 is 5.73 Å². The zero-order valence-electron chi connectivity index (χ0n) is 10.4. The first kappa shape index (κ1) is 12.5. The van der Waals surface area contributed by atoms with E-state index in [0.717, 1.165) is 23.2 Å². The molecule has 0 aliphatic rings. The first-order valence-electron chi connectivity index (χ1n) is 6.02. The van der Waals surface area contributed by atoms with E-state index in [2.05, 4.69) is 9.97 Å². The molecule has 0 aliphatic carbocycles. The van der Waals surface area contributed by atoms with Gasteiger partial charge in [0, 0.05) is 30.7 Å². The minimum atomic E-state index is -0.646. The van der Waals surface area contributed by atoms with Crippen molar-refractivity contribution in [3.05, 3.63) is 53.6 Å². The van der Waals surface area contributed by atoms with Crippen LogP contribution in [0.4, 0.5) is 5.69 Å². The van der Waals surface area contributed by atoms with Crippen LogP contribution in [0.15, 0.2) is 36.8 Å². The molecule has 2 heterocycles. The van der Waals surface area contributed by atoms with Crippen LogP contribution in [0.2, 0.25) is 0 Å². The van der Waals surface area contributed by atoms with Crippen LogP contribution in [0, 0.1) is 0 Å². The van der Waals surface area contributed by atoms with Crippen molar-refractivity contribution in [2.45, 2.75) is 25.9 Å². The second-order valence-corrected chi connectivity index (χ2v) is 4.20. The zero-order valence-corrected chi connectivity index (χ0v) is 10.4. The van der Waals surface area contributed by atoms with Crippen molar-refractivity contribution >= 4 is 5.69 Å². The van der Waals surface area contributed by atoms with Gasteiger partial charge in [0.05, 0.1) is 5.69 Å². The van der Waals surface area contributed by atoms with Crippen LogP contribution in [0.1, 0.15) is 29.8 Å². The lowest BCUT2D eigenvalue weighted by Crippen LogP contribution is -2.09. The molecule has 2 aromatic rings. The first-order valence-corrected chi connectivity index (χ1v) is 6.02. The molecule has 0 fully saturated rings. The van der Waals surface area contributed by atoms with Gasteiger partial charge in [0.25, 0.3) is 0 Å². The summed E-state index contributed by atoms with van der Waals surface area (Å²) in [4.78, 5) is 8.29. The Bertz CT molecular complexity index is 528. The predicted molar refractivity (Wildman–Crippen MR) is 70.9 cm³/mol. The molecule has 0 spiro atoms. The number of pyridine rings is 2. The number of hydrogen-bond donors (Lipinski definition) is 2. The third kappa shape index (κ3) is 2.65. The summed E-state index contributed by atoms with van der Waals surface area (Å²) in [6.45, 7) is 2.05. The van der Waals surface area contributed by atoms with E-state index in [1.807, 2.05) is 19.1 Å². The zero-order chi connectivity index (χ0) is 13.0. The van der Waals surface area contributed by atoms with Crippen LogP contribution >= 0.6 is 0 Å². The molecule has 2 aromatic heterocycles. The van der Waals surface area contributed by atoms with E-state index in [1.165, 1.54) is 0 Å². The fourth-order valence-corrected chi connectivity index (χ4v) is 1.96. The first-order chi connectivity index (χ1) is 8.72. The second-order valence-electron chi connectivity index (χ2n) is 4.20. The van der Waals surface area contributed by atoms with Crippen LogP contribution in [0.3, 0.4) is 0 Å². The molecule has 3 N–H and O–H groups in total. The van der Waals surface area contributed by atoms with Gasteiger partial charge in [-0.05, 0) is 29.7 Å². The third-order valence-corrected chi connectivity index (χ3v) is 2.98. The van der Waals surface area contributed by atoms with E-state index in [0.29, 0.717) is 12.1 Å². The Morgan fingerprint density at radius 1 is 1.28 bits per heavy atom. The molecular weight excluding hydrogens is 226 g/mol. The van der Waals surface area contributed by atoms with Crippen molar-refractivity contribution in [1.82, 2.24) is 9.97 Å². The summed E-state index contributed by atoms with van der Waals surface area (Å²) in [5.74, 6) is 0. The summed E-state index contributed by atoms with van der Waals surface area (Å²) in [7, 11) is 0. The smallest absolute Gasteiger partial charge is 0.100 e. The van der Waals surface area contributed by atoms with Crippen molar-refractivity contribution < 1.29 is 5.11 Å². The minimum absolute atomic E-state index is 0.434. The molecule has 2 rings (SSSR count). The Morgan fingerprint density at radius 2 is 2.11 bits per heavy atom. The number of aryl methyl sites for hydroxylation is 1. The van der Waals surface area contributed by atoms with E-state index in [1.54, 1.807) is 24.7 Å². The molecule has 4 nitrogen and oxygen atoms in total. The molecule has 0 aromatic carbocycles. The van der Waals surface area contributed by atoms with Gasteiger partial charge in [-0.25, -0.2) is 0 Å². The minimum Gasteiger partial charge on any atom is -0.398 e. The fourth-order valence-electron chi connectivity index (χ4n) is 1.96. The van der Waals surface area contributed by atoms with E-state index in [4.69, 9.17) is 5.73 Å². The Morgan fingerprint density at radius 3 is 2.83 bits per heavy atom. The normalized spacial score (nSPS) is 12.3. The number of rotatable bonds is 4. The number of nitrogens with zero attached hydrogens (tertiary/aromatic N) is 2. The average molecular weight is 243 g/mol. The number of nitrogens with two attached hydrogens (primary N) is 1. The monoisotopic (exact) mass is 243 g/mol. The number of aliphatic hydroxyl groups excluding tert-OH is 1. The highest BCUT2D eigenvalue weighted by atomic mass is 16.3. The molecule has 0 amide bonds. The van der Waals surface area contributed by atoms with E-state index in [9.17, 15) is 5.11 Å². The molecule has 0 saturated carbocycles. The van der Waals surface area contributed by atoms with Crippen molar-refractivity contribution in [3.8, 4) is 0 Å². The summed E-state index contributed by atoms with van der Waals surface area (Å²) in [6, 6.07) is 5.60. The number of hydrogen-bond acceptors (Lipinski definition) is 4. The van der Waals surface area contributed by atoms with Crippen LogP contribution in [-0.2, 0) is 12.8 Å². The summed E-state index contributed by atoms with van der Waals surface area (Å²) in [6.07, 6.45) is 5.67. The molecule has 4 heteroatoms. The number of anilines is 1. The maximum Gasteiger partial charge on any atom is 0.100 e. The second kappa shape index (κ2) is 5.60. The van der Waals surface area contributed by atoms with Gasteiger partial charge < -0.3 is 10.8 Å². The largest absolute Gasteiger partial charge is 0.398 e. The van der Waals surface area contributed by atoms with Crippen molar-refractivity contribution in [2.24, 2.45) is 0 Å². The lowest BCUT2D eigenvalue weighted by atomic mass is 10.0. The van der Waals surface area contributed by atoms with Crippen molar-refractivity contribution in [3.63, 3.8) is 0 Å². The van der Waals surface area contributed by atoms with Gasteiger partial charge in [-0.3, -0.25) is 9.97 Å². The highest BCUT2D eigenvalue weighted by molar-refractivity contribution is 5.45. The lowest BCUT2D eigenvalue weighted by Gasteiger charge is -2.14. The van der Waals surface area contributed by atoms with E-state index in [-0.39, 0.29) is 0 Å². The quantitative estimate of drug-likeness (QED) is 0.860. The highest BCUT2D eigenvalue weighted by Gasteiger charge is 2.14. The summed E-state index contributed by atoms with van der Waals surface area (Å²) in [5, 5.41) is 10.3. The SMILES string of the molecule is CCc1cccnc1C(O)Cc1cnccc1N. The maximum atomic E-state index is 10.3. The van der Waals surface area contributed by atoms with Crippen molar-refractivity contribution in [1.29, 1.82) is 0 Å². The molecule has 0 bridgehead atoms. The van der Waals surface area contributed by atoms with Gasteiger partial charge in [-0.1, -0.05) is 13.0 Å². The van der Waals surface area contributed by atoms with Gasteiger partial charge in [0.2, 0.25) is 0 Å². The van der Waals surface area contributed by atoms with Gasteiger partial charge in [0.1, 0.15) is 6.10 Å². The lowest BCUT2D eigenvalue weighted by molar-refractivity contribution is 0.172. The topological polar surface area (TPSA) is 72.0 Å². The van der Waals surface area contributed by atoms with E-state index >= 15 is 0 Å².